The molecule has 1 amide bonds. The van der Waals surface area contributed by atoms with Crippen LogP contribution in [-0.4, -0.2) is 15.3 Å². The number of hydrogen-bond donors (Lipinski definition) is 1. The van der Waals surface area contributed by atoms with Crippen molar-refractivity contribution >= 4 is 17.2 Å². The molecule has 0 radical (unpaired) electrons. The van der Waals surface area contributed by atoms with Gasteiger partial charge in [0.05, 0.1) is 17.8 Å². The van der Waals surface area contributed by atoms with Gasteiger partial charge in [-0.15, -0.1) is 0 Å². The van der Waals surface area contributed by atoms with Gasteiger partial charge in [-0.05, 0) is 31.2 Å². The van der Waals surface area contributed by atoms with Gasteiger partial charge in [0.25, 0.3) is 5.91 Å². The predicted octanol–water partition coefficient (Wildman–Crippen LogP) is 2.91. The Hall–Kier alpha value is -3.20. The summed E-state index contributed by atoms with van der Waals surface area (Å²) in [5, 5.41) is 11.5. The van der Waals surface area contributed by atoms with Crippen molar-refractivity contribution in [1.82, 2.24) is 9.38 Å². The zero-order valence-corrected chi connectivity index (χ0v) is 11.7. The van der Waals surface area contributed by atoms with E-state index in [0.717, 1.165) is 6.07 Å². The van der Waals surface area contributed by atoms with Gasteiger partial charge in [-0.1, -0.05) is 6.07 Å². The molecule has 1 N–H and O–H groups in total. The highest BCUT2D eigenvalue weighted by Gasteiger charge is 2.15. The third-order valence-electron chi connectivity index (χ3n) is 3.37. The summed E-state index contributed by atoms with van der Waals surface area (Å²) in [5.74, 6) is -0.955. The highest BCUT2D eigenvalue weighted by molar-refractivity contribution is 6.04. The van der Waals surface area contributed by atoms with E-state index in [1.54, 1.807) is 29.7 Å². The number of hydrogen-bond acceptors (Lipinski definition) is 3. The largest absolute Gasteiger partial charge is 0.320 e. The number of anilines is 1. The first-order chi connectivity index (χ1) is 10.6. The zero-order valence-electron chi connectivity index (χ0n) is 11.7. The van der Waals surface area contributed by atoms with E-state index in [2.05, 4.69) is 10.3 Å². The number of aromatic nitrogens is 2. The SMILES string of the molecule is Cc1c(F)cc(C#N)cc1NC(=O)c1cnc2ccccn12. The van der Waals surface area contributed by atoms with Crippen molar-refractivity contribution in [2.24, 2.45) is 0 Å². The molecule has 0 bridgehead atoms. The van der Waals surface area contributed by atoms with E-state index in [-0.39, 0.29) is 16.8 Å². The quantitative estimate of drug-likeness (QED) is 0.790. The first kappa shape index (κ1) is 13.8. The van der Waals surface area contributed by atoms with E-state index in [0.29, 0.717) is 11.3 Å². The van der Waals surface area contributed by atoms with E-state index in [1.165, 1.54) is 12.3 Å². The Morgan fingerprint density at radius 3 is 3.00 bits per heavy atom. The van der Waals surface area contributed by atoms with Crippen LogP contribution in [0.25, 0.3) is 5.65 Å². The minimum atomic E-state index is -0.535. The summed E-state index contributed by atoms with van der Waals surface area (Å²) in [5.41, 5.74) is 1.67. The summed E-state index contributed by atoms with van der Waals surface area (Å²) >= 11 is 0. The molecule has 0 atom stereocenters. The molecule has 2 aromatic heterocycles. The number of nitrogens with one attached hydrogen (secondary N) is 1. The molecule has 108 valence electrons. The summed E-state index contributed by atoms with van der Waals surface area (Å²) in [7, 11) is 0. The Morgan fingerprint density at radius 2 is 2.23 bits per heavy atom. The lowest BCUT2D eigenvalue weighted by Crippen LogP contribution is -2.15. The lowest BCUT2D eigenvalue weighted by atomic mass is 10.1. The van der Waals surface area contributed by atoms with Gasteiger partial charge < -0.3 is 5.32 Å². The van der Waals surface area contributed by atoms with Crippen LogP contribution in [0.15, 0.2) is 42.7 Å². The molecule has 0 saturated heterocycles. The number of amides is 1. The molecule has 0 aliphatic carbocycles. The van der Waals surface area contributed by atoms with E-state index >= 15 is 0 Å². The minimum Gasteiger partial charge on any atom is -0.320 e. The number of benzene rings is 1. The van der Waals surface area contributed by atoms with Crippen molar-refractivity contribution in [3.63, 3.8) is 0 Å². The standard InChI is InChI=1S/C16H11FN4O/c1-10-12(17)6-11(8-18)7-13(10)20-16(22)14-9-19-15-4-2-3-5-21(14)15/h2-7,9H,1H3,(H,20,22). The number of fused-ring (bicyclic) bond motifs is 1. The molecule has 0 aliphatic rings. The lowest BCUT2D eigenvalue weighted by molar-refractivity contribution is 0.102. The second-order valence-electron chi connectivity index (χ2n) is 4.77. The summed E-state index contributed by atoms with van der Waals surface area (Å²) in [4.78, 5) is 16.5. The minimum absolute atomic E-state index is 0.150. The van der Waals surface area contributed by atoms with E-state index in [9.17, 15) is 9.18 Å². The van der Waals surface area contributed by atoms with Crippen LogP contribution in [-0.2, 0) is 0 Å². The summed E-state index contributed by atoms with van der Waals surface area (Å²) < 4.78 is 15.4. The van der Waals surface area contributed by atoms with Crippen LogP contribution in [0.5, 0.6) is 0 Å². The van der Waals surface area contributed by atoms with E-state index in [4.69, 9.17) is 5.26 Å². The van der Waals surface area contributed by atoms with Crippen molar-refractivity contribution in [3.05, 3.63) is 65.4 Å². The number of carbonyl (C=O) groups excluding carboxylic acids is 1. The van der Waals surface area contributed by atoms with Gasteiger partial charge in [-0.2, -0.15) is 5.26 Å². The third kappa shape index (κ3) is 2.29. The van der Waals surface area contributed by atoms with Crippen molar-refractivity contribution in [3.8, 4) is 6.07 Å². The van der Waals surface area contributed by atoms with Crippen LogP contribution in [0.4, 0.5) is 10.1 Å². The topological polar surface area (TPSA) is 70.2 Å². The molecule has 0 aliphatic heterocycles. The monoisotopic (exact) mass is 294 g/mol. The lowest BCUT2D eigenvalue weighted by Gasteiger charge is -2.09. The van der Waals surface area contributed by atoms with Crippen molar-refractivity contribution in [2.75, 3.05) is 5.32 Å². The summed E-state index contributed by atoms with van der Waals surface area (Å²) in [6, 6.07) is 9.83. The molecular weight excluding hydrogens is 283 g/mol. The Bertz CT molecular complexity index is 924. The average Bonchev–Trinajstić information content (AvgIpc) is 2.95. The van der Waals surface area contributed by atoms with Crippen molar-refractivity contribution < 1.29 is 9.18 Å². The maximum Gasteiger partial charge on any atom is 0.274 e. The van der Waals surface area contributed by atoms with Gasteiger partial charge in [0.2, 0.25) is 0 Å². The van der Waals surface area contributed by atoms with Gasteiger partial charge >= 0.3 is 0 Å². The van der Waals surface area contributed by atoms with E-state index < -0.39 is 11.7 Å². The molecule has 3 aromatic rings. The highest BCUT2D eigenvalue weighted by Crippen LogP contribution is 2.21. The van der Waals surface area contributed by atoms with Gasteiger partial charge in [-0.3, -0.25) is 9.20 Å². The molecule has 0 unspecified atom stereocenters. The van der Waals surface area contributed by atoms with Crippen molar-refractivity contribution in [1.29, 1.82) is 5.26 Å². The Labute approximate surface area is 125 Å². The van der Waals surface area contributed by atoms with Crippen LogP contribution in [0.3, 0.4) is 0 Å². The first-order valence-corrected chi connectivity index (χ1v) is 6.54. The number of imidazole rings is 1. The third-order valence-corrected chi connectivity index (χ3v) is 3.37. The van der Waals surface area contributed by atoms with Crippen LogP contribution in [0.2, 0.25) is 0 Å². The predicted molar refractivity (Wildman–Crippen MR) is 79.0 cm³/mol. The molecule has 2 heterocycles. The molecule has 3 rings (SSSR count). The molecule has 0 spiro atoms. The number of nitriles is 1. The number of carbonyl (C=O) groups is 1. The number of halogens is 1. The second kappa shape index (κ2) is 5.30. The van der Waals surface area contributed by atoms with Crippen LogP contribution in [0.1, 0.15) is 21.6 Å². The molecule has 0 saturated carbocycles. The summed E-state index contributed by atoms with van der Waals surface area (Å²) in [6.45, 7) is 1.54. The molecule has 6 heteroatoms. The maximum absolute atomic E-state index is 13.8. The van der Waals surface area contributed by atoms with Gasteiger partial charge in [0, 0.05) is 17.4 Å². The van der Waals surface area contributed by atoms with E-state index in [1.807, 2.05) is 12.1 Å². The van der Waals surface area contributed by atoms with Crippen LogP contribution >= 0.6 is 0 Å². The maximum atomic E-state index is 13.8. The highest BCUT2D eigenvalue weighted by atomic mass is 19.1. The second-order valence-corrected chi connectivity index (χ2v) is 4.77. The number of pyridine rings is 1. The van der Waals surface area contributed by atoms with Crippen LogP contribution < -0.4 is 5.32 Å². The fourth-order valence-electron chi connectivity index (χ4n) is 2.16. The number of rotatable bonds is 2. The van der Waals surface area contributed by atoms with Crippen molar-refractivity contribution in [2.45, 2.75) is 6.92 Å². The Balaban J connectivity index is 1.98. The van der Waals surface area contributed by atoms with Gasteiger partial charge in [-0.25, -0.2) is 9.37 Å². The Morgan fingerprint density at radius 1 is 1.41 bits per heavy atom. The smallest absolute Gasteiger partial charge is 0.274 e. The molecule has 22 heavy (non-hydrogen) atoms. The summed E-state index contributed by atoms with van der Waals surface area (Å²) in [6.07, 6.45) is 3.17. The Kier molecular flexibility index (Phi) is 3.31. The molecular formula is C16H11FN4O. The normalized spacial score (nSPS) is 10.4. The van der Waals surface area contributed by atoms with Gasteiger partial charge in [0.1, 0.15) is 17.2 Å². The molecule has 0 fully saturated rings. The fraction of sp³-hybridized carbons (Fsp3) is 0.0625. The van der Waals surface area contributed by atoms with Crippen LogP contribution in [0, 0.1) is 24.1 Å². The number of nitrogens with zero attached hydrogens (tertiary/aromatic N) is 3. The zero-order chi connectivity index (χ0) is 15.7. The fourth-order valence-corrected chi connectivity index (χ4v) is 2.16. The average molecular weight is 294 g/mol. The van der Waals surface area contributed by atoms with Gasteiger partial charge in [0.15, 0.2) is 0 Å². The molecule has 5 nitrogen and oxygen atoms in total. The molecule has 1 aromatic carbocycles. The first-order valence-electron chi connectivity index (χ1n) is 6.54.